The SMILES string of the molecule is CCOc1ccc(-n2cc(C3=CCN=C3)c3c(c2=O)CCCC3)c(C)c1. The molecule has 0 fully saturated rings. The van der Waals surface area contributed by atoms with E-state index in [0.717, 1.165) is 65.9 Å². The van der Waals surface area contributed by atoms with Gasteiger partial charge in [0.05, 0.1) is 18.8 Å². The van der Waals surface area contributed by atoms with Gasteiger partial charge in [0.15, 0.2) is 0 Å². The number of nitrogens with zero attached hydrogens (tertiary/aromatic N) is 2. The van der Waals surface area contributed by atoms with Gasteiger partial charge in [-0.3, -0.25) is 14.4 Å². The van der Waals surface area contributed by atoms with E-state index in [0.29, 0.717) is 6.61 Å². The van der Waals surface area contributed by atoms with E-state index in [4.69, 9.17) is 4.74 Å². The maximum absolute atomic E-state index is 13.2. The van der Waals surface area contributed by atoms with E-state index in [9.17, 15) is 4.79 Å². The predicted octanol–water partition coefficient (Wildman–Crippen LogP) is 3.89. The van der Waals surface area contributed by atoms with Crippen LogP contribution >= 0.6 is 0 Å². The fourth-order valence-corrected chi connectivity index (χ4v) is 3.97. The van der Waals surface area contributed by atoms with Gasteiger partial charge >= 0.3 is 0 Å². The number of aliphatic imine (C=N–C) groups is 1. The largest absolute Gasteiger partial charge is 0.494 e. The lowest BCUT2D eigenvalue weighted by atomic mass is 9.87. The smallest absolute Gasteiger partial charge is 0.258 e. The molecule has 0 amide bonds. The van der Waals surface area contributed by atoms with Crippen molar-refractivity contribution >= 4 is 11.8 Å². The summed E-state index contributed by atoms with van der Waals surface area (Å²) >= 11 is 0. The number of allylic oxidation sites excluding steroid dienone is 1. The van der Waals surface area contributed by atoms with Gasteiger partial charge in [-0.2, -0.15) is 0 Å². The van der Waals surface area contributed by atoms with Gasteiger partial charge in [-0.05, 0) is 74.4 Å². The zero-order chi connectivity index (χ0) is 18.1. The van der Waals surface area contributed by atoms with Crippen LogP contribution in [0.4, 0.5) is 0 Å². The second-order valence-corrected chi connectivity index (χ2v) is 6.92. The minimum absolute atomic E-state index is 0.117. The molecule has 2 aliphatic rings. The van der Waals surface area contributed by atoms with E-state index in [1.54, 1.807) is 0 Å². The fourth-order valence-electron chi connectivity index (χ4n) is 3.97. The van der Waals surface area contributed by atoms with Crippen molar-refractivity contribution in [2.24, 2.45) is 4.99 Å². The molecule has 2 heterocycles. The summed E-state index contributed by atoms with van der Waals surface area (Å²) in [6.45, 7) is 5.36. The number of aromatic nitrogens is 1. The van der Waals surface area contributed by atoms with E-state index in [1.165, 1.54) is 5.56 Å². The third-order valence-corrected chi connectivity index (χ3v) is 5.22. The second kappa shape index (κ2) is 6.94. The first kappa shape index (κ1) is 16.8. The highest BCUT2D eigenvalue weighted by Gasteiger charge is 2.22. The quantitative estimate of drug-likeness (QED) is 0.841. The first-order chi connectivity index (χ1) is 12.7. The Labute approximate surface area is 153 Å². The lowest BCUT2D eigenvalue weighted by molar-refractivity contribution is 0.340. The Morgan fingerprint density at radius 2 is 2.00 bits per heavy atom. The Balaban J connectivity index is 1.91. The summed E-state index contributed by atoms with van der Waals surface area (Å²) in [4.78, 5) is 17.6. The zero-order valence-corrected chi connectivity index (χ0v) is 15.4. The van der Waals surface area contributed by atoms with Gasteiger partial charge in [-0.1, -0.05) is 6.08 Å². The molecule has 1 aliphatic carbocycles. The van der Waals surface area contributed by atoms with E-state index in [1.807, 2.05) is 49.0 Å². The lowest BCUT2D eigenvalue weighted by Crippen LogP contribution is -2.27. The summed E-state index contributed by atoms with van der Waals surface area (Å²) in [5.41, 5.74) is 6.57. The van der Waals surface area contributed by atoms with Crippen molar-refractivity contribution < 1.29 is 4.74 Å². The summed E-state index contributed by atoms with van der Waals surface area (Å²) in [5, 5.41) is 0. The topological polar surface area (TPSA) is 43.6 Å². The molecule has 0 unspecified atom stereocenters. The standard InChI is InChI=1S/C22H24N2O2/c1-3-26-17-8-9-21(15(2)12-17)24-14-20(16-10-11-23-13-16)18-6-4-5-7-19(18)22(24)25/h8-10,12-14H,3-7,11H2,1-2H3. The highest BCUT2D eigenvalue weighted by atomic mass is 16.5. The Kier molecular flexibility index (Phi) is 4.49. The molecule has 4 heteroatoms. The number of pyridine rings is 1. The van der Waals surface area contributed by atoms with E-state index in [-0.39, 0.29) is 5.56 Å². The van der Waals surface area contributed by atoms with Crippen molar-refractivity contribution in [3.05, 3.63) is 63.1 Å². The Hall–Kier alpha value is -2.62. The van der Waals surface area contributed by atoms with Crippen molar-refractivity contribution in [3.8, 4) is 11.4 Å². The molecule has 1 aromatic carbocycles. The van der Waals surface area contributed by atoms with Crippen LogP contribution in [0.1, 0.15) is 42.0 Å². The molecular weight excluding hydrogens is 324 g/mol. The van der Waals surface area contributed by atoms with Crippen molar-refractivity contribution in [2.45, 2.75) is 39.5 Å². The average molecular weight is 348 g/mol. The van der Waals surface area contributed by atoms with Crippen LogP contribution in [0.2, 0.25) is 0 Å². The number of aryl methyl sites for hydroxylation is 1. The van der Waals surface area contributed by atoms with Crippen LogP contribution < -0.4 is 10.3 Å². The molecule has 1 aromatic heterocycles. The number of ether oxygens (including phenoxy) is 1. The third-order valence-electron chi connectivity index (χ3n) is 5.22. The normalized spacial score (nSPS) is 15.7. The minimum atomic E-state index is 0.117. The molecule has 26 heavy (non-hydrogen) atoms. The van der Waals surface area contributed by atoms with Crippen LogP contribution in [-0.2, 0) is 12.8 Å². The summed E-state index contributed by atoms with van der Waals surface area (Å²) in [7, 11) is 0. The molecule has 1 aliphatic heterocycles. The van der Waals surface area contributed by atoms with E-state index < -0.39 is 0 Å². The van der Waals surface area contributed by atoms with Crippen molar-refractivity contribution in [2.75, 3.05) is 13.2 Å². The van der Waals surface area contributed by atoms with Crippen LogP contribution in [0.3, 0.4) is 0 Å². The van der Waals surface area contributed by atoms with Crippen LogP contribution in [0.25, 0.3) is 11.3 Å². The molecule has 0 atom stereocenters. The number of rotatable bonds is 4. The second-order valence-electron chi connectivity index (χ2n) is 6.92. The van der Waals surface area contributed by atoms with Gasteiger partial charge in [0.1, 0.15) is 5.75 Å². The predicted molar refractivity (Wildman–Crippen MR) is 106 cm³/mol. The fraction of sp³-hybridized carbons (Fsp3) is 0.364. The number of benzene rings is 1. The third kappa shape index (κ3) is 2.90. The number of hydrogen-bond acceptors (Lipinski definition) is 3. The average Bonchev–Trinajstić information content (AvgIpc) is 3.18. The molecule has 4 rings (SSSR count). The molecular formula is C22H24N2O2. The van der Waals surface area contributed by atoms with Gasteiger partial charge in [-0.25, -0.2) is 0 Å². The van der Waals surface area contributed by atoms with Gasteiger partial charge in [0.25, 0.3) is 5.56 Å². The number of hydrogen-bond donors (Lipinski definition) is 0. The van der Waals surface area contributed by atoms with Gasteiger partial charge in [-0.15, -0.1) is 0 Å². The van der Waals surface area contributed by atoms with Crippen LogP contribution in [-0.4, -0.2) is 23.9 Å². The summed E-state index contributed by atoms with van der Waals surface area (Å²) in [6.07, 6.45) is 10.2. The maximum Gasteiger partial charge on any atom is 0.258 e. The Morgan fingerprint density at radius 3 is 2.69 bits per heavy atom. The molecule has 134 valence electrons. The molecule has 4 nitrogen and oxygen atoms in total. The van der Waals surface area contributed by atoms with Gasteiger partial charge in [0, 0.05) is 23.5 Å². The minimum Gasteiger partial charge on any atom is -0.494 e. The summed E-state index contributed by atoms with van der Waals surface area (Å²) in [6, 6.07) is 5.92. The molecule has 0 spiro atoms. The summed E-state index contributed by atoms with van der Waals surface area (Å²) in [5.74, 6) is 0.839. The number of fused-ring (bicyclic) bond motifs is 1. The monoisotopic (exact) mass is 348 g/mol. The highest BCUT2D eigenvalue weighted by Crippen LogP contribution is 2.29. The van der Waals surface area contributed by atoms with Crippen molar-refractivity contribution in [1.29, 1.82) is 0 Å². The first-order valence-corrected chi connectivity index (χ1v) is 9.40. The van der Waals surface area contributed by atoms with Crippen molar-refractivity contribution in [3.63, 3.8) is 0 Å². The lowest BCUT2D eigenvalue weighted by Gasteiger charge is -2.22. The summed E-state index contributed by atoms with van der Waals surface area (Å²) < 4.78 is 7.41. The zero-order valence-electron chi connectivity index (χ0n) is 15.4. The Morgan fingerprint density at radius 1 is 1.19 bits per heavy atom. The molecule has 0 radical (unpaired) electrons. The van der Waals surface area contributed by atoms with Crippen LogP contribution in [0.5, 0.6) is 5.75 Å². The molecule has 0 bridgehead atoms. The molecule has 0 saturated carbocycles. The van der Waals surface area contributed by atoms with Crippen LogP contribution in [0, 0.1) is 6.92 Å². The molecule has 0 N–H and O–H groups in total. The van der Waals surface area contributed by atoms with E-state index in [2.05, 4.69) is 11.1 Å². The molecule has 0 saturated heterocycles. The van der Waals surface area contributed by atoms with Crippen molar-refractivity contribution in [1.82, 2.24) is 4.57 Å². The highest BCUT2D eigenvalue weighted by molar-refractivity contribution is 6.12. The maximum atomic E-state index is 13.2. The van der Waals surface area contributed by atoms with Gasteiger partial charge < -0.3 is 4.74 Å². The Bertz CT molecular complexity index is 967. The van der Waals surface area contributed by atoms with Crippen LogP contribution in [0.15, 0.2) is 40.3 Å². The first-order valence-electron chi connectivity index (χ1n) is 9.40. The van der Waals surface area contributed by atoms with Gasteiger partial charge in [0.2, 0.25) is 0 Å². The van der Waals surface area contributed by atoms with E-state index >= 15 is 0 Å². The molecule has 2 aromatic rings.